The zero-order valence-electron chi connectivity index (χ0n) is 24.9. The van der Waals surface area contributed by atoms with Crippen molar-refractivity contribution < 1.29 is 5.11 Å². The fourth-order valence-electron chi connectivity index (χ4n) is 5.61. The van der Waals surface area contributed by atoms with E-state index in [9.17, 15) is 14.7 Å². The first-order valence-electron chi connectivity index (χ1n) is 14.4. The molecule has 4 heterocycles. The van der Waals surface area contributed by atoms with Gasteiger partial charge in [0, 0.05) is 44.2 Å². The Morgan fingerprint density at radius 1 is 0.739 bits per heavy atom. The van der Waals surface area contributed by atoms with Gasteiger partial charge in [0.2, 0.25) is 10.3 Å². The highest BCUT2D eigenvalue weighted by atomic mass is 35.5. The lowest BCUT2D eigenvalue weighted by Crippen LogP contribution is -2.25. The van der Waals surface area contributed by atoms with Gasteiger partial charge in [0.05, 0.1) is 22.5 Å². The molecule has 1 unspecified atom stereocenters. The molecule has 4 aromatic heterocycles. The summed E-state index contributed by atoms with van der Waals surface area (Å²) < 4.78 is 2.83. The Morgan fingerprint density at radius 2 is 1.28 bits per heavy atom. The number of phenolic OH excluding ortho intramolecular Hbond substituents is 1. The summed E-state index contributed by atoms with van der Waals surface area (Å²) in [6.07, 6.45) is 0. The van der Waals surface area contributed by atoms with E-state index in [4.69, 9.17) is 16.6 Å². The molecule has 0 amide bonds. The van der Waals surface area contributed by atoms with Crippen molar-refractivity contribution in [3.8, 4) is 38.5 Å². The lowest BCUT2D eigenvalue weighted by molar-refractivity contribution is 0.477. The minimum absolute atomic E-state index is 0.100. The number of H-pyrrole nitrogens is 2. The molecule has 1 atom stereocenters. The van der Waals surface area contributed by atoms with Gasteiger partial charge in [-0.15, -0.1) is 22.7 Å². The molecule has 9 nitrogen and oxygen atoms in total. The topological polar surface area (TPSA) is 122 Å². The lowest BCUT2D eigenvalue weighted by atomic mass is 9.85. The molecule has 0 saturated heterocycles. The number of para-hydroxylation sites is 1. The Bertz CT molecular complexity index is 2320. The Kier molecular flexibility index (Phi) is 7.59. The van der Waals surface area contributed by atoms with E-state index in [1.807, 2.05) is 68.6 Å². The predicted octanol–water partition coefficient (Wildman–Crippen LogP) is 7.36. The minimum atomic E-state index is -0.721. The lowest BCUT2D eigenvalue weighted by Gasteiger charge is -2.16. The van der Waals surface area contributed by atoms with Gasteiger partial charge in [-0.2, -0.15) is 9.36 Å². The van der Waals surface area contributed by atoms with Crippen molar-refractivity contribution in [3.63, 3.8) is 0 Å². The van der Waals surface area contributed by atoms with Crippen LogP contribution in [-0.2, 0) is 0 Å². The maximum Gasteiger partial charge on any atom is 0.277 e. The highest BCUT2D eigenvalue weighted by Crippen LogP contribution is 2.35. The van der Waals surface area contributed by atoms with Crippen LogP contribution in [-0.4, -0.2) is 34.6 Å². The number of aromatic hydroxyl groups is 1. The van der Waals surface area contributed by atoms with Gasteiger partial charge in [-0.25, -0.2) is 9.97 Å². The van der Waals surface area contributed by atoms with E-state index in [1.165, 1.54) is 32.0 Å². The fourth-order valence-corrected chi connectivity index (χ4v) is 7.30. The number of hydrogen-bond acceptors (Lipinski definition) is 7. The Labute approximate surface area is 276 Å². The van der Waals surface area contributed by atoms with E-state index in [1.54, 1.807) is 35.7 Å². The second kappa shape index (κ2) is 11.8. The molecular formula is C34H27ClN6O3S2. The number of aryl methyl sites for hydroxylation is 3. The quantitative estimate of drug-likeness (QED) is 0.164. The summed E-state index contributed by atoms with van der Waals surface area (Å²) in [6.45, 7) is 5.66. The van der Waals surface area contributed by atoms with Crippen LogP contribution in [0.15, 0.2) is 93.1 Å². The molecule has 46 heavy (non-hydrogen) atoms. The van der Waals surface area contributed by atoms with Crippen molar-refractivity contribution in [2.24, 2.45) is 0 Å². The van der Waals surface area contributed by atoms with Crippen LogP contribution in [0.25, 0.3) is 32.8 Å². The number of thiazole rings is 2. The zero-order chi connectivity index (χ0) is 32.1. The third kappa shape index (κ3) is 5.22. The van der Waals surface area contributed by atoms with Gasteiger partial charge in [0.25, 0.3) is 11.1 Å². The van der Waals surface area contributed by atoms with Crippen LogP contribution in [0.1, 0.15) is 39.6 Å². The Hall–Kier alpha value is -4.97. The van der Waals surface area contributed by atoms with Crippen molar-refractivity contribution in [1.29, 1.82) is 0 Å². The molecule has 7 rings (SSSR count). The zero-order valence-corrected chi connectivity index (χ0v) is 27.3. The maximum atomic E-state index is 14.2. The number of hydrogen-bond donors (Lipinski definition) is 3. The summed E-state index contributed by atoms with van der Waals surface area (Å²) in [5.41, 5.74) is 6.12. The molecule has 0 radical (unpaired) electrons. The van der Waals surface area contributed by atoms with Gasteiger partial charge in [0.1, 0.15) is 5.75 Å². The second-order valence-electron chi connectivity index (χ2n) is 11.0. The second-order valence-corrected chi connectivity index (χ2v) is 13.1. The number of halogens is 1. The number of benzene rings is 3. The highest BCUT2D eigenvalue weighted by Gasteiger charge is 2.31. The van der Waals surface area contributed by atoms with Crippen molar-refractivity contribution in [2.75, 3.05) is 0 Å². The minimum Gasteiger partial charge on any atom is -0.507 e. The first-order valence-corrected chi connectivity index (χ1v) is 16.5. The number of nitrogens with zero attached hydrogens (tertiary/aromatic N) is 4. The molecule has 0 bridgehead atoms. The highest BCUT2D eigenvalue weighted by molar-refractivity contribution is 7.12. The van der Waals surface area contributed by atoms with Crippen LogP contribution in [0.3, 0.4) is 0 Å². The Morgan fingerprint density at radius 3 is 1.87 bits per heavy atom. The average Bonchev–Trinajstić information content (AvgIpc) is 3.83. The van der Waals surface area contributed by atoms with E-state index in [0.717, 1.165) is 22.4 Å². The molecule has 3 aromatic carbocycles. The van der Waals surface area contributed by atoms with Crippen molar-refractivity contribution in [2.45, 2.75) is 26.7 Å². The fraction of sp³-hybridized carbons (Fsp3) is 0.118. The van der Waals surface area contributed by atoms with Crippen LogP contribution >= 0.6 is 34.3 Å². The van der Waals surface area contributed by atoms with E-state index >= 15 is 0 Å². The largest absolute Gasteiger partial charge is 0.507 e. The summed E-state index contributed by atoms with van der Waals surface area (Å²) >= 11 is 8.88. The summed E-state index contributed by atoms with van der Waals surface area (Å²) in [7, 11) is 0. The first-order chi connectivity index (χ1) is 22.2. The summed E-state index contributed by atoms with van der Waals surface area (Å²) in [4.78, 5) is 37.9. The summed E-state index contributed by atoms with van der Waals surface area (Å²) in [6, 6.07) is 22.1. The molecule has 12 heteroatoms. The SMILES string of the molecule is Cc1ccc(-c2csc(-n3[nH]c(C)c(C(c4ccc(Cl)cc4)c4c(C)[nH]n(-c5nc(-c6ccccc6O)cs5)c4=O)c3=O)n2)cc1. The third-order valence-electron chi connectivity index (χ3n) is 7.91. The monoisotopic (exact) mass is 666 g/mol. The molecule has 3 N–H and O–H groups in total. The smallest absolute Gasteiger partial charge is 0.277 e. The van der Waals surface area contributed by atoms with Crippen molar-refractivity contribution in [1.82, 2.24) is 29.5 Å². The van der Waals surface area contributed by atoms with E-state index in [0.29, 0.717) is 49.1 Å². The standard InChI is InChI=1S/C34H27ClN6O3S2/c1-18-8-10-21(11-9-18)25-16-45-33(36-25)40-31(43)28(19(2)38-40)30(22-12-14-23(35)15-13-22)29-20(3)39-41(32(29)44)34-37-26(17-46-34)24-6-4-5-7-27(24)42/h4-17,30,38-39,42H,1-3H3. The molecule has 0 spiro atoms. The average molecular weight is 667 g/mol. The van der Waals surface area contributed by atoms with Crippen LogP contribution in [0.5, 0.6) is 5.75 Å². The van der Waals surface area contributed by atoms with E-state index in [2.05, 4.69) is 15.2 Å². The van der Waals surface area contributed by atoms with E-state index in [-0.39, 0.29) is 16.9 Å². The number of phenols is 1. The van der Waals surface area contributed by atoms with E-state index < -0.39 is 5.92 Å². The molecule has 0 aliphatic rings. The van der Waals surface area contributed by atoms with Crippen LogP contribution < -0.4 is 11.1 Å². The van der Waals surface area contributed by atoms with Gasteiger partial charge in [-0.1, -0.05) is 65.7 Å². The van der Waals surface area contributed by atoms with Gasteiger partial charge in [0.15, 0.2) is 0 Å². The van der Waals surface area contributed by atoms with Gasteiger partial charge >= 0.3 is 0 Å². The number of aromatic nitrogens is 6. The van der Waals surface area contributed by atoms with Crippen LogP contribution in [0.4, 0.5) is 0 Å². The predicted molar refractivity (Wildman–Crippen MR) is 183 cm³/mol. The van der Waals surface area contributed by atoms with Crippen molar-refractivity contribution >= 4 is 34.3 Å². The number of nitrogens with one attached hydrogen (secondary N) is 2. The Balaban J connectivity index is 1.35. The molecular weight excluding hydrogens is 640 g/mol. The van der Waals surface area contributed by atoms with Crippen LogP contribution in [0.2, 0.25) is 5.02 Å². The maximum absolute atomic E-state index is 14.2. The molecule has 0 aliphatic carbocycles. The first kappa shape index (κ1) is 29.7. The van der Waals surface area contributed by atoms with Gasteiger partial charge < -0.3 is 5.11 Å². The summed E-state index contributed by atoms with van der Waals surface area (Å²) in [5.74, 6) is -0.621. The van der Waals surface area contributed by atoms with Gasteiger partial charge in [-0.3, -0.25) is 19.8 Å². The molecule has 7 aromatic rings. The number of rotatable bonds is 7. The van der Waals surface area contributed by atoms with Crippen molar-refractivity contribution in [3.05, 3.63) is 143 Å². The normalized spacial score (nSPS) is 12.1. The third-order valence-corrected chi connectivity index (χ3v) is 9.81. The van der Waals surface area contributed by atoms with Gasteiger partial charge in [-0.05, 0) is 50.6 Å². The molecule has 230 valence electrons. The number of aromatic amines is 2. The summed E-state index contributed by atoms with van der Waals surface area (Å²) in [5, 5.41) is 21.9. The molecule has 0 fully saturated rings. The molecule has 0 aliphatic heterocycles. The van der Waals surface area contributed by atoms with Crippen LogP contribution in [0, 0.1) is 20.8 Å². The molecule has 0 saturated carbocycles.